The molecule has 7 heteroatoms. The summed E-state index contributed by atoms with van der Waals surface area (Å²) in [6.07, 6.45) is 0.886. The van der Waals surface area contributed by atoms with Crippen LogP contribution in [0.3, 0.4) is 0 Å². The molecule has 4 nitrogen and oxygen atoms in total. The molecule has 1 fully saturated rings. The SMILES string of the molecule is CN=C(NC)NC1CCN(c2ccc(F)cc2F)C1.I. The second-order valence-electron chi connectivity index (χ2n) is 4.49. The highest BCUT2D eigenvalue weighted by atomic mass is 127. The molecule has 0 amide bonds. The van der Waals surface area contributed by atoms with Gasteiger partial charge in [-0.1, -0.05) is 0 Å². The molecule has 1 atom stereocenters. The van der Waals surface area contributed by atoms with E-state index in [0.29, 0.717) is 18.2 Å². The molecule has 0 aliphatic carbocycles. The summed E-state index contributed by atoms with van der Waals surface area (Å²) < 4.78 is 26.6. The van der Waals surface area contributed by atoms with Crippen molar-refractivity contribution < 1.29 is 8.78 Å². The maximum absolute atomic E-state index is 13.7. The number of hydrogen-bond donors (Lipinski definition) is 2. The normalized spacial score (nSPS) is 18.7. The molecule has 1 unspecified atom stereocenters. The first-order valence-electron chi connectivity index (χ1n) is 6.25. The number of nitrogens with zero attached hydrogens (tertiary/aromatic N) is 2. The summed E-state index contributed by atoms with van der Waals surface area (Å²) in [4.78, 5) is 5.96. The Labute approximate surface area is 134 Å². The second-order valence-corrected chi connectivity index (χ2v) is 4.49. The van der Waals surface area contributed by atoms with Crippen LogP contribution in [0.1, 0.15) is 6.42 Å². The molecule has 0 saturated carbocycles. The Morgan fingerprint density at radius 1 is 1.40 bits per heavy atom. The highest BCUT2D eigenvalue weighted by molar-refractivity contribution is 14.0. The summed E-state index contributed by atoms with van der Waals surface area (Å²) in [5.41, 5.74) is 0.449. The van der Waals surface area contributed by atoms with Crippen LogP contribution in [0.2, 0.25) is 0 Å². The minimum absolute atomic E-state index is 0. The van der Waals surface area contributed by atoms with Gasteiger partial charge in [0, 0.05) is 39.3 Å². The van der Waals surface area contributed by atoms with Crippen molar-refractivity contribution in [2.75, 3.05) is 32.1 Å². The molecule has 1 aromatic rings. The summed E-state index contributed by atoms with van der Waals surface area (Å²) in [5, 5.41) is 6.20. The molecule has 112 valence electrons. The first kappa shape index (κ1) is 16.9. The Morgan fingerprint density at radius 3 is 2.75 bits per heavy atom. The lowest BCUT2D eigenvalue weighted by molar-refractivity contribution is 0.580. The number of hydrogen-bond acceptors (Lipinski definition) is 2. The van der Waals surface area contributed by atoms with E-state index in [0.717, 1.165) is 19.0 Å². The number of benzene rings is 1. The van der Waals surface area contributed by atoms with Gasteiger partial charge in [0.1, 0.15) is 11.6 Å². The third kappa shape index (κ3) is 3.94. The van der Waals surface area contributed by atoms with E-state index in [1.807, 2.05) is 4.90 Å². The third-order valence-corrected chi connectivity index (χ3v) is 3.24. The minimum atomic E-state index is -0.550. The van der Waals surface area contributed by atoms with Crippen LogP contribution in [-0.4, -0.2) is 39.2 Å². The quantitative estimate of drug-likeness (QED) is 0.456. The number of halogens is 3. The number of guanidine groups is 1. The lowest BCUT2D eigenvalue weighted by atomic mass is 10.2. The number of nitrogens with one attached hydrogen (secondary N) is 2. The van der Waals surface area contributed by atoms with Gasteiger partial charge < -0.3 is 15.5 Å². The zero-order chi connectivity index (χ0) is 13.8. The molecular formula is C13H19F2IN4. The maximum atomic E-state index is 13.7. The Hall–Kier alpha value is -1.12. The van der Waals surface area contributed by atoms with Gasteiger partial charge in [0.05, 0.1) is 5.69 Å². The largest absolute Gasteiger partial charge is 0.367 e. The number of anilines is 1. The van der Waals surface area contributed by atoms with E-state index in [9.17, 15) is 8.78 Å². The van der Waals surface area contributed by atoms with Gasteiger partial charge in [0.25, 0.3) is 0 Å². The Bertz CT molecular complexity index is 481. The van der Waals surface area contributed by atoms with E-state index in [4.69, 9.17) is 0 Å². The van der Waals surface area contributed by atoms with E-state index in [-0.39, 0.29) is 30.0 Å². The van der Waals surface area contributed by atoms with Crippen molar-refractivity contribution in [1.82, 2.24) is 10.6 Å². The van der Waals surface area contributed by atoms with Crippen molar-refractivity contribution in [3.8, 4) is 0 Å². The van der Waals surface area contributed by atoms with Gasteiger partial charge in [0.2, 0.25) is 0 Å². The van der Waals surface area contributed by atoms with E-state index in [2.05, 4.69) is 15.6 Å². The van der Waals surface area contributed by atoms with Gasteiger partial charge in [-0.2, -0.15) is 0 Å². The average Bonchev–Trinajstić information content (AvgIpc) is 2.84. The topological polar surface area (TPSA) is 39.7 Å². The van der Waals surface area contributed by atoms with E-state index in [1.165, 1.54) is 12.1 Å². The fourth-order valence-electron chi connectivity index (χ4n) is 2.28. The number of rotatable bonds is 2. The van der Waals surface area contributed by atoms with Crippen LogP contribution in [0.25, 0.3) is 0 Å². The molecule has 1 heterocycles. The molecule has 1 aromatic carbocycles. The molecular weight excluding hydrogens is 377 g/mol. The molecule has 2 N–H and O–H groups in total. The first-order chi connectivity index (χ1) is 9.13. The summed E-state index contributed by atoms with van der Waals surface area (Å²) in [5.74, 6) is -0.351. The van der Waals surface area contributed by atoms with Crippen LogP contribution in [0.15, 0.2) is 23.2 Å². The fraction of sp³-hybridized carbons (Fsp3) is 0.462. The maximum Gasteiger partial charge on any atom is 0.190 e. The molecule has 1 aliphatic heterocycles. The zero-order valence-electron chi connectivity index (χ0n) is 11.5. The molecule has 0 bridgehead atoms. The van der Waals surface area contributed by atoms with Gasteiger partial charge in [-0.25, -0.2) is 8.78 Å². The predicted molar refractivity (Wildman–Crippen MR) is 87.9 cm³/mol. The monoisotopic (exact) mass is 396 g/mol. The smallest absolute Gasteiger partial charge is 0.190 e. The van der Waals surface area contributed by atoms with Crippen molar-refractivity contribution in [1.29, 1.82) is 0 Å². The van der Waals surface area contributed by atoms with Gasteiger partial charge in [-0.3, -0.25) is 4.99 Å². The van der Waals surface area contributed by atoms with Crippen LogP contribution in [0, 0.1) is 11.6 Å². The standard InChI is InChI=1S/C13H18F2N4.HI/c1-16-13(17-2)18-10-5-6-19(8-10)12-4-3-9(14)7-11(12)15;/h3-4,7,10H,5-6,8H2,1-2H3,(H2,16,17,18);1H. The van der Waals surface area contributed by atoms with Crippen molar-refractivity contribution in [2.45, 2.75) is 12.5 Å². The van der Waals surface area contributed by atoms with E-state index in [1.54, 1.807) is 14.1 Å². The second kappa shape index (κ2) is 7.61. The summed E-state index contributed by atoms with van der Waals surface area (Å²) in [6, 6.07) is 3.89. The van der Waals surface area contributed by atoms with Crippen molar-refractivity contribution >= 4 is 35.6 Å². The molecule has 20 heavy (non-hydrogen) atoms. The van der Waals surface area contributed by atoms with Crippen molar-refractivity contribution in [3.05, 3.63) is 29.8 Å². The minimum Gasteiger partial charge on any atom is -0.367 e. The highest BCUT2D eigenvalue weighted by Gasteiger charge is 2.25. The summed E-state index contributed by atoms with van der Waals surface area (Å²) >= 11 is 0. The molecule has 0 radical (unpaired) electrons. The fourth-order valence-corrected chi connectivity index (χ4v) is 2.28. The van der Waals surface area contributed by atoms with Crippen LogP contribution in [-0.2, 0) is 0 Å². The highest BCUT2D eigenvalue weighted by Crippen LogP contribution is 2.24. The van der Waals surface area contributed by atoms with Crippen LogP contribution in [0.5, 0.6) is 0 Å². The van der Waals surface area contributed by atoms with Crippen LogP contribution < -0.4 is 15.5 Å². The van der Waals surface area contributed by atoms with E-state index >= 15 is 0 Å². The van der Waals surface area contributed by atoms with E-state index < -0.39 is 11.6 Å². The third-order valence-electron chi connectivity index (χ3n) is 3.24. The molecule has 1 aliphatic rings. The summed E-state index contributed by atoms with van der Waals surface area (Å²) in [7, 11) is 3.49. The van der Waals surface area contributed by atoms with Crippen molar-refractivity contribution in [2.24, 2.45) is 4.99 Å². The van der Waals surface area contributed by atoms with Gasteiger partial charge >= 0.3 is 0 Å². The van der Waals surface area contributed by atoms with Gasteiger partial charge in [-0.15, -0.1) is 24.0 Å². The zero-order valence-corrected chi connectivity index (χ0v) is 13.8. The van der Waals surface area contributed by atoms with Crippen LogP contribution in [0.4, 0.5) is 14.5 Å². The van der Waals surface area contributed by atoms with Crippen LogP contribution >= 0.6 is 24.0 Å². The Kier molecular flexibility index (Phi) is 6.44. The Morgan fingerprint density at radius 2 is 2.15 bits per heavy atom. The Balaban J connectivity index is 0.00000200. The summed E-state index contributed by atoms with van der Waals surface area (Å²) in [6.45, 7) is 1.41. The van der Waals surface area contributed by atoms with Gasteiger partial charge in [-0.05, 0) is 18.6 Å². The molecule has 0 spiro atoms. The number of aliphatic imine (C=N–C) groups is 1. The average molecular weight is 396 g/mol. The predicted octanol–water partition coefficient (Wildman–Crippen LogP) is 1.96. The lowest BCUT2D eigenvalue weighted by Gasteiger charge is -2.20. The molecule has 2 rings (SSSR count). The first-order valence-corrected chi connectivity index (χ1v) is 6.25. The van der Waals surface area contributed by atoms with Crippen molar-refractivity contribution in [3.63, 3.8) is 0 Å². The molecule has 0 aromatic heterocycles. The molecule has 1 saturated heterocycles. The van der Waals surface area contributed by atoms with Gasteiger partial charge in [0.15, 0.2) is 5.96 Å². The lowest BCUT2D eigenvalue weighted by Crippen LogP contribution is -2.43.